The van der Waals surface area contributed by atoms with E-state index in [2.05, 4.69) is 32.2 Å². The number of carbonyl (C=O) groups is 1. The number of aromatic nitrogens is 2. The van der Waals surface area contributed by atoms with Crippen molar-refractivity contribution in [3.63, 3.8) is 0 Å². The van der Waals surface area contributed by atoms with Crippen LogP contribution in [0.3, 0.4) is 0 Å². The van der Waals surface area contributed by atoms with E-state index in [0.717, 1.165) is 64.1 Å². The van der Waals surface area contributed by atoms with Crippen LogP contribution in [0.4, 0.5) is 0 Å². The van der Waals surface area contributed by atoms with Crippen LogP contribution in [-0.2, 0) is 17.8 Å². The summed E-state index contributed by atoms with van der Waals surface area (Å²) in [6.07, 6.45) is 5.39. The summed E-state index contributed by atoms with van der Waals surface area (Å²) in [5, 5.41) is 7.14. The maximum atomic E-state index is 12.2. The summed E-state index contributed by atoms with van der Waals surface area (Å²) in [6.45, 7) is 8.51. The first-order valence-corrected chi connectivity index (χ1v) is 9.24. The highest BCUT2D eigenvalue weighted by Gasteiger charge is 2.30. The molecular weight excluding hydrogens is 306 g/mol. The molecule has 0 radical (unpaired) electrons. The number of nitrogens with zero attached hydrogens (tertiary/aromatic N) is 4. The Balaban J connectivity index is 1.41. The quantitative estimate of drug-likeness (QED) is 0.769. The lowest BCUT2D eigenvalue weighted by Gasteiger charge is -2.36. The molecule has 2 fully saturated rings. The lowest BCUT2D eigenvalue weighted by molar-refractivity contribution is -0.126. The minimum Gasteiger partial charge on any atom is -0.352 e. The van der Waals surface area contributed by atoms with E-state index >= 15 is 0 Å². The first kappa shape index (κ1) is 17.4. The zero-order valence-electron chi connectivity index (χ0n) is 14.8. The lowest BCUT2D eigenvalue weighted by Crippen LogP contribution is -2.53. The molecule has 24 heavy (non-hydrogen) atoms. The van der Waals surface area contributed by atoms with Crippen LogP contribution in [0.2, 0.25) is 0 Å². The zero-order valence-corrected chi connectivity index (χ0v) is 14.8. The number of nitrogens with one attached hydrogen (secondary N) is 1. The van der Waals surface area contributed by atoms with Crippen LogP contribution in [0.5, 0.6) is 0 Å². The summed E-state index contributed by atoms with van der Waals surface area (Å²) in [7, 11) is 0. The molecule has 7 heteroatoms. The van der Waals surface area contributed by atoms with E-state index < -0.39 is 0 Å². The van der Waals surface area contributed by atoms with Gasteiger partial charge >= 0.3 is 0 Å². The fraction of sp³-hybridized carbons (Fsp3) is 0.824. The van der Waals surface area contributed by atoms with Crippen LogP contribution >= 0.6 is 0 Å². The summed E-state index contributed by atoms with van der Waals surface area (Å²) >= 11 is 0. The van der Waals surface area contributed by atoms with Gasteiger partial charge in [0.1, 0.15) is 0 Å². The Kier molecular flexibility index (Phi) is 5.84. The van der Waals surface area contributed by atoms with Gasteiger partial charge < -0.3 is 9.84 Å². The van der Waals surface area contributed by atoms with Crippen molar-refractivity contribution < 1.29 is 9.32 Å². The lowest BCUT2D eigenvalue weighted by atomic mass is 10.2. The molecular formula is C17H29N5O2. The Morgan fingerprint density at radius 2 is 2.08 bits per heavy atom. The Morgan fingerprint density at radius 1 is 1.33 bits per heavy atom. The van der Waals surface area contributed by atoms with Crippen molar-refractivity contribution in [1.82, 2.24) is 25.3 Å². The van der Waals surface area contributed by atoms with Crippen molar-refractivity contribution in [2.24, 2.45) is 0 Å². The molecule has 1 amide bonds. The molecule has 134 valence electrons. The maximum Gasteiger partial charge on any atom is 0.240 e. The first-order chi connectivity index (χ1) is 11.7. The molecule has 1 N–H and O–H groups in total. The molecule has 2 heterocycles. The number of hydrogen-bond donors (Lipinski definition) is 1. The van der Waals surface area contributed by atoms with Crippen LogP contribution < -0.4 is 5.32 Å². The standard InChI is InChI=1S/C17H29N5O2/c1-3-4-5-15-19-16(24-20-15)12-21-8-10-22(11-9-21)13(2)17(23)18-14-6-7-14/h13-14H,3-12H2,1-2H3,(H,18,23). The highest BCUT2D eigenvalue weighted by atomic mass is 16.5. The molecule has 1 unspecified atom stereocenters. The Bertz CT molecular complexity index is 535. The molecule has 2 aliphatic rings. The molecule has 3 rings (SSSR count). The van der Waals surface area contributed by atoms with Crippen molar-refractivity contribution in [2.75, 3.05) is 26.2 Å². The highest BCUT2D eigenvalue weighted by Crippen LogP contribution is 2.19. The third-order valence-electron chi connectivity index (χ3n) is 4.88. The molecule has 0 aromatic carbocycles. The van der Waals surface area contributed by atoms with Crippen molar-refractivity contribution >= 4 is 5.91 Å². The van der Waals surface area contributed by atoms with Gasteiger partial charge in [-0.3, -0.25) is 14.6 Å². The van der Waals surface area contributed by atoms with Crippen molar-refractivity contribution in [3.05, 3.63) is 11.7 Å². The van der Waals surface area contributed by atoms with Crippen LogP contribution in [0.1, 0.15) is 51.2 Å². The van der Waals surface area contributed by atoms with E-state index in [-0.39, 0.29) is 11.9 Å². The number of unbranched alkanes of at least 4 members (excludes halogenated alkanes) is 1. The SMILES string of the molecule is CCCCc1noc(CN2CCN(C(C)C(=O)NC3CC3)CC2)n1. The average Bonchev–Trinajstić information content (AvgIpc) is 3.30. The van der Waals surface area contributed by atoms with Crippen molar-refractivity contribution in [3.8, 4) is 0 Å². The second kappa shape index (κ2) is 8.07. The van der Waals surface area contributed by atoms with Crippen LogP contribution in [0.15, 0.2) is 4.52 Å². The summed E-state index contributed by atoms with van der Waals surface area (Å²) < 4.78 is 5.35. The summed E-state index contributed by atoms with van der Waals surface area (Å²) in [6, 6.07) is 0.387. The molecule has 1 saturated carbocycles. The number of amides is 1. The van der Waals surface area contributed by atoms with Crippen molar-refractivity contribution in [2.45, 2.75) is 64.6 Å². The Morgan fingerprint density at radius 3 is 2.75 bits per heavy atom. The number of piperazine rings is 1. The summed E-state index contributed by atoms with van der Waals surface area (Å²) in [5.74, 6) is 1.69. The highest BCUT2D eigenvalue weighted by molar-refractivity contribution is 5.81. The van der Waals surface area contributed by atoms with Gasteiger partial charge in [-0.25, -0.2) is 0 Å². The van der Waals surface area contributed by atoms with Gasteiger partial charge in [0.15, 0.2) is 5.82 Å². The van der Waals surface area contributed by atoms with Gasteiger partial charge in [0, 0.05) is 38.6 Å². The van der Waals surface area contributed by atoms with E-state index in [1.165, 1.54) is 0 Å². The van der Waals surface area contributed by atoms with Crippen molar-refractivity contribution in [1.29, 1.82) is 0 Å². The normalized spacial score (nSPS) is 20.9. The fourth-order valence-corrected chi connectivity index (χ4v) is 3.01. The molecule has 1 aromatic rings. The van der Waals surface area contributed by atoms with E-state index in [0.29, 0.717) is 18.5 Å². The summed E-state index contributed by atoms with van der Waals surface area (Å²) in [5.41, 5.74) is 0. The van der Waals surface area contributed by atoms with Gasteiger partial charge in [-0.1, -0.05) is 18.5 Å². The number of rotatable bonds is 8. The molecule has 7 nitrogen and oxygen atoms in total. The van der Waals surface area contributed by atoms with Gasteiger partial charge in [0.2, 0.25) is 11.8 Å². The van der Waals surface area contributed by atoms with E-state index in [4.69, 9.17) is 4.52 Å². The maximum absolute atomic E-state index is 12.2. The third-order valence-corrected chi connectivity index (χ3v) is 4.88. The number of hydrogen-bond acceptors (Lipinski definition) is 6. The van der Waals surface area contributed by atoms with Gasteiger partial charge in [0.05, 0.1) is 12.6 Å². The minimum atomic E-state index is -0.0446. The Labute approximate surface area is 143 Å². The van der Waals surface area contributed by atoms with Crippen LogP contribution in [0.25, 0.3) is 0 Å². The zero-order chi connectivity index (χ0) is 16.9. The Hall–Kier alpha value is -1.47. The molecule has 1 aliphatic carbocycles. The number of aryl methyl sites for hydroxylation is 1. The average molecular weight is 335 g/mol. The predicted molar refractivity (Wildman–Crippen MR) is 90.4 cm³/mol. The second-order valence-electron chi connectivity index (χ2n) is 6.98. The minimum absolute atomic E-state index is 0.0446. The topological polar surface area (TPSA) is 74.5 Å². The first-order valence-electron chi connectivity index (χ1n) is 9.24. The predicted octanol–water partition coefficient (Wildman–Crippen LogP) is 1.20. The molecule has 1 atom stereocenters. The molecule has 0 bridgehead atoms. The fourth-order valence-electron chi connectivity index (χ4n) is 3.01. The van der Waals surface area contributed by atoms with Crippen LogP contribution in [-0.4, -0.2) is 64.1 Å². The molecule has 1 aliphatic heterocycles. The second-order valence-corrected chi connectivity index (χ2v) is 6.98. The van der Waals surface area contributed by atoms with Gasteiger partial charge in [-0.05, 0) is 26.2 Å². The largest absolute Gasteiger partial charge is 0.352 e. The smallest absolute Gasteiger partial charge is 0.240 e. The van der Waals surface area contributed by atoms with E-state index in [9.17, 15) is 4.79 Å². The van der Waals surface area contributed by atoms with Gasteiger partial charge in [0.25, 0.3) is 0 Å². The van der Waals surface area contributed by atoms with Gasteiger partial charge in [-0.2, -0.15) is 4.98 Å². The number of carbonyl (C=O) groups excluding carboxylic acids is 1. The van der Waals surface area contributed by atoms with Crippen LogP contribution in [0, 0.1) is 0 Å². The monoisotopic (exact) mass is 335 g/mol. The summed E-state index contributed by atoms with van der Waals surface area (Å²) in [4.78, 5) is 21.2. The molecule has 1 aromatic heterocycles. The van der Waals surface area contributed by atoms with Gasteiger partial charge in [-0.15, -0.1) is 0 Å². The molecule has 1 saturated heterocycles. The van der Waals surface area contributed by atoms with E-state index in [1.54, 1.807) is 0 Å². The third kappa shape index (κ3) is 4.77. The molecule has 0 spiro atoms. The van der Waals surface area contributed by atoms with E-state index in [1.807, 2.05) is 6.92 Å².